The number of rotatable bonds is 5. The summed E-state index contributed by atoms with van der Waals surface area (Å²) in [6.45, 7) is 7.39. The first-order chi connectivity index (χ1) is 14.5. The monoisotopic (exact) mass is 450 g/mol. The van der Waals surface area contributed by atoms with Gasteiger partial charge in [-0.3, -0.25) is 10.2 Å². The molecule has 0 bridgehead atoms. The normalized spacial score (nSPS) is 11.3. The van der Waals surface area contributed by atoms with Gasteiger partial charge in [0.1, 0.15) is 0 Å². The molecule has 0 aliphatic carbocycles. The molecule has 0 saturated carbocycles. The third-order valence-electron chi connectivity index (χ3n) is 4.38. The zero-order valence-electron chi connectivity index (χ0n) is 16.5. The van der Waals surface area contributed by atoms with Crippen molar-refractivity contribution < 1.29 is 18.0 Å². The molecule has 0 unspecified atom stereocenters. The molecule has 7 nitrogen and oxygen atoms in total. The highest BCUT2D eigenvalue weighted by Gasteiger charge is 2.36. The van der Waals surface area contributed by atoms with Crippen molar-refractivity contribution in [2.24, 2.45) is 5.84 Å². The van der Waals surface area contributed by atoms with Crippen LogP contribution in [-0.2, 0) is 6.18 Å². The third kappa shape index (κ3) is 4.54. The molecule has 4 N–H and O–H groups in total. The number of amides is 1. The molecule has 2 heterocycles. The van der Waals surface area contributed by atoms with E-state index in [0.717, 1.165) is 16.3 Å². The minimum atomic E-state index is -4.70. The van der Waals surface area contributed by atoms with Crippen molar-refractivity contribution in [1.82, 2.24) is 20.2 Å². The standard InChI is InChI=1S/C20H18ClF3N6O/c1-10-7-11(2)17(13(8-10)19(31)28-25)27-12(3)15-9-16(20(22,23)24)29-30(15)18-14(21)5-4-6-26-18/h4-9,27H,3,25H2,1-2H3,(H,28,31). The van der Waals surface area contributed by atoms with Crippen LogP contribution in [0.15, 0.2) is 43.1 Å². The van der Waals surface area contributed by atoms with Gasteiger partial charge in [-0.15, -0.1) is 0 Å². The second kappa shape index (κ2) is 8.40. The Kier molecular flexibility index (Phi) is 6.05. The summed E-state index contributed by atoms with van der Waals surface area (Å²) in [7, 11) is 0. The van der Waals surface area contributed by atoms with Gasteiger partial charge in [0.2, 0.25) is 0 Å². The lowest BCUT2D eigenvalue weighted by Crippen LogP contribution is -2.31. The number of nitrogen functional groups attached to an aromatic ring is 1. The van der Waals surface area contributed by atoms with E-state index in [0.29, 0.717) is 11.3 Å². The zero-order chi connectivity index (χ0) is 22.9. The average molecular weight is 451 g/mol. The van der Waals surface area contributed by atoms with Crippen LogP contribution < -0.4 is 16.6 Å². The molecular weight excluding hydrogens is 433 g/mol. The molecule has 0 aliphatic rings. The fraction of sp³-hybridized carbons (Fsp3) is 0.150. The van der Waals surface area contributed by atoms with Gasteiger partial charge in [-0.2, -0.15) is 18.3 Å². The Labute approximate surface area is 180 Å². The number of benzene rings is 1. The molecule has 0 radical (unpaired) electrons. The first-order valence-electron chi connectivity index (χ1n) is 8.89. The molecule has 162 valence electrons. The van der Waals surface area contributed by atoms with Crippen LogP contribution in [0, 0.1) is 13.8 Å². The van der Waals surface area contributed by atoms with Crippen LogP contribution in [0.25, 0.3) is 11.5 Å². The molecule has 3 rings (SSSR count). The number of anilines is 1. The summed E-state index contributed by atoms with van der Waals surface area (Å²) in [6, 6.07) is 7.25. The van der Waals surface area contributed by atoms with Crippen LogP contribution in [0.3, 0.4) is 0 Å². The van der Waals surface area contributed by atoms with Crippen molar-refractivity contribution in [2.45, 2.75) is 20.0 Å². The van der Waals surface area contributed by atoms with Crippen molar-refractivity contribution in [3.8, 4) is 5.82 Å². The van der Waals surface area contributed by atoms with E-state index >= 15 is 0 Å². The van der Waals surface area contributed by atoms with E-state index in [-0.39, 0.29) is 27.8 Å². The number of pyridine rings is 1. The Morgan fingerprint density at radius 1 is 1.26 bits per heavy atom. The van der Waals surface area contributed by atoms with Crippen LogP contribution >= 0.6 is 11.6 Å². The minimum absolute atomic E-state index is 0.00169. The molecule has 0 fully saturated rings. The highest BCUT2D eigenvalue weighted by atomic mass is 35.5. The Morgan fingerprint density at radius 3 is 2.58 bits per heavy atom. The summed E-state index contributed by atoms with van der Waals surface area (Å²) in [4.78, 5) is 16.3. The van der Waals surface area contributed by atoms with Crippen molar-refractivity contribution in [2.75, 3.05) is 5.32 Å². The second-order valence-corrected chi connectivity index (χ2v) is 7.12. The van der Waals surface area contributed by atoms with E-state index in [1.807, 2.05) is 0 Å². The van der Waals surface area contributed by atoms with E-state index in [4.69, 9.17) is 17.4 Å². The van der Waals surface area contributed by atoms with Gasteiger partial charge in [-0.1, -0.05) is 24.2 Å². The fourth-order valence-electron chi connectivity index (χ4n) is 3.03. The molecule has 1 amide bonds. The fourth-order valence-corrected chi connectivity index (χ4v) is 3.24. The van der Waals surface area contributed by atoms with Crippen molar-refractivity contribution >= 4 is 28.9 Å². The summed E-state index contributed by atoms with van der Waals surface area (Å²) in [6.07, 6.45) is -3.32. The summed E-state index contributed by atoms with van der Waals surface area (Å²) in [5.41, 5.74) is 2.93. The maximum atomic E-state index is 13.4. The van der Waals surface area contributed by atoms with Gasteiger partial charge in [0.15, 0.2) is 11.5 Å². The number of alkyl halides is 3. The van der Waals surface area contributed by atoms with E-state index in [1.165, 1.54) is 12.3 Å². The van der Waals surface area contributed by atoms with Gasteiger partial charge < -0.3 is 5.32 Å². The lowest BCUT2D eigenvalue weighted by atomic mass is 10.0. The number of hydrogen-bond donors (Lipinski definition) is 3. The van der Waals surface area contributed by atoms with Crippen LogP contribution in [-0.4, -0.2) is 20.7 Å². The predicted molar refractivity (Wildman–Crippen MR) is 112 cm³/mol. The average Bonchev–Trinajstić information content (AvgIpc) is 3.15. The van der Waals surface area contributed by atoms with Crippen LogP contribution in [0.5, 0.6) is 0 Å². The maximum absolute atomic E-state index is 13.4. The molecule has 2 aromatic heterocycles. The molecule has 0 aliphatic heterocycles. The van der Waals surface area contributed by atoms with Crippen LogP contribution in [0.1, 0.15) is 32.9 Å². The zero-order valence-corrected chi connectivity index (χ0v) is 17.3. The molecule has 0 atom stereocenters. The predicted octanol–water partition coefficient (Wildman–Crippen LogP) is 4.24. The number of hydrazine groups is 1. The van der Waals surface area contributed by atoms with Crippen LogP contribution in [0.4, 0.5) is 18.9 Å². The Bertz CT molecular complexity index is 1170. The number of nitrogens with zero attached hydrogens (tertiary/aromatic N) is 3. The van der Waals surface area contributed by atoms with Gasteiger partial charge in [0.05, 0.1) is 27.7 Å². The lowest BCUT2D eigenvalue weighted by Gasteiger charge is -2.17. The summed E-state index contributed by atoms with van der Waals surface area (Å²) in [5.74, 6) is 4.70. The van der Waals surface area contributed by atoms with Crippen molar-refractivity contribution in [1.29, 1.82) is 0 Å². The molecular formula is C20H18ClF3N6O. The number of nitrogens with one attached hydrogen (secondary N) is 2. The molecule has 0 saturated heterocycles. The number of hydrogen-bond acceptors (Lipinski definition) is 5. The first-order valence-corrected chi connectivity index (χ1v) is 9.27. The van der Waals surface area contributed by atoms with E-state index in [1.54, 1.807) is 32.0 Å². The van der Waals surface area contributed by atoms with Gasteiger partial charge in [0, 0.05) is 6.20 Å². The molecule has 31 heavy (non-hydrogen) atoms. The number of carbonyl (C=O) groups is 1. The van der Waals surface area contributed by atoms with Gasteiger partial charge in [-0.25, -0.2) is 15.5 Å². The first kappa shape index (κ1) is 22.3. The molecule has 11 heteroatoms. The van der Waals surface area contributed by atoms with E-state index in [2.05, 4.69) is 27.4 Å². The van der Waals surface area contributed by atoms with Gasteiger partial charge >= 0.3 is 6.18 Å². The van der Waals surface area contributed by atoms with Crippen molar-refractivity contribution in [3.05, 3.63) is 76.2 Å². The van der Waals surface area contributed by atoms with Gasteiger partial charge in [0.25, 0.3) is 5.91 Å². The SMILES string of the molecule is C=C(Nc1c(C)cc(C)cc1C(=O)NN)c1cc(C(F)(F)F)nn1-c1ncccc1Cl. The van der Waals surface area contributed by atoms with Crippen LogP contribution in [0.2, 0.25) is 5.02 Å². The maximum Gasteiger partial charge on any atom is 0.435 e. The molecule has 1 aromatic carbocycles. The Balaban J connectivity index is 2.12. The Morgan fingerprint density at radius 2 is 1.97 bits per heavy atom. The third-order valence-corrected chi connectivity index (χ3v) is 4.68. The topological polar surface area (TPSA) is 97.9 Å². The highest BCUT2D eigenvalue weighted by Crippen LogP contribution is 2.33. The Hall–Kier alpha value is -3.37. The number of nitrogens with two attached hydrogens (primary N) is 1. The minimum Gasteiger partial charge on any atom is -0.353 e. The van der Waals surface area contributed by atoms with E-state index < -0.39 is 17.8 Å². The van der Waals surface area contributed by atoms with Crippen molar-refractivity contribution in [3.63, 3.8) is 0 Å². The summed E-state index contributed by atoms with van der Waals surface area (Å²) >= 11 is 6.13. The lowest BCUT2D eigenvalue weighted by molar-refractivity contribution is -0.141. The second-order valence-electron chi connectivity index (χ2n) is 6.71. The number of aromatic nitrogens is 3. The summed E-state index contributed by atoms with van der Waals surface area (Å²) < 4.78 is 41.0. The number of aryl methyl sites for hydroxylation is 2. The molecule has 0 spiro atoms. The highest BCUT2D eigenvalue weighted by molar-refractivity contribution is 6.32. The smallest absolute Gasteiger partial charge is 0.353 e. The van der Waals surface area contributed by atoms with E-state index in [9.17, 15) is 18.0 Å². The van der Waals surface area contributed by atoms with Gasteiger partial charge in [-0.05, 0) is 49.2 Å². The molecule has 3 aromatic rings. The largest absolute Gasteiger partial charge is 0.435 e. The summed E-state index contributed by atoms with van der Waals surface area (Å²) in [5, 5.41) is 6.65. The number of halogens is 4. The number of carbonyl (C=O) groups excluding carboxylic acids is 1. The quantitative estimate of drug-likeness (QED) is 0.307.